The summed E-state index contributed by atoms with van der Waals surface area (Å²) in [4.78, 5) is 4.73. The van der Waals surface area contributed by atoms with E-state index >= 15 is 0 Å². The van der Waals surface area contributed by atoms with E-state index in [1.807, 2.05) is 279 Å². The molecule has 0 radical (unpaired) electrons. The van der Waals surface area contributed by atoms with Gasteiger partial charge in [0.25, 0.3) is 0 Å². The van der Waals surface area contributed by atoms with E-state index in [2.05, 4.69) is 124 Å². The summed E-state index contributed by atoms with van der Waals surface area (Å²) >= 11 is 3.37. The zero-order chi connectivity index (χ0) is 63.1. The van der Waals surface area contributed by atoms with Crippen LogP contribution < -0.4 is 0 Å². The van der Waals surface area contributed by atoms with Crippen LogP contribution in [0.15, 0.2) is 314 Å². The first-order chi connectivity index (χ1) is 42.2. The Bertz CT molecular complexity index is 3030. The Labute approximate surface area is 592 Å². The molecular formula is C83H90N3S2Zr2-5. The molecule has 0 spiro atoms. The molecule has 0 saturated carbocycles. The molecule has 11 aromatic carbocycles. The van der Waals surface area contributed by atoms with Crippen LogP contribution in [0.2, 0.25) is 0 Å². The SMILES string of the molecule is C.CSC(Cc1c(C)cccc1C)=Nc1ccccc1.CSC([N-]c1ccccc1)[N-]c1c(C)cccc1C.[CH2-]c1ccccc1.[CH2-]c1ccccc1.[CH2-]c1ccccc1.[CH2-]c1ccccc1.[CH2-]c1ccccc1.[CH2-]c1ccccc1.[CH2-]c1ccccc1.[Zr+4].[Zr]. The van der Waals surface area contributed by atoms with Crippen molar-refractivity contribution in [1.82, 2.24) is 0 Å². The van der Waals surface area contributed by atoms with Gasteiger partial charge in [0.15, 0.2) is 0 Å². The summed E-state index contributed by atoms with van der Waals surface area (Å²) in [6.45, 7) is 34.6. The first-order valence-electron chi connectivity index (χ1n) is 28.5. The summed E-state index contributed by atoms with van der Waals surface area (Å²) in [5.74, 6) is 0. The first-order valence-corrected chi connectivity index (χ1v) is 31.0. The van der Waals surface area contributed by atoms with Gasteiger partial charge in [-0.2, -0.15) is 178 Å². The molecule has 0 aliphatic heterocycles. The second-order valence-corrected chi connectivity index (χ2v) is 21.2. The number of rotatable bonds is 8. The van der Waals surface area contributed by atoms with Crippen molar-refractivity contribution in [3.63, 3.8) is 0 Å². The van der Waals surface area contributed by atoms with Gasteiger partial charge in [0.1, 0.15) is 0 Å². The normalized spacial score (nSPS) is 9.64. The topological polar surface area (TPSA) is 40.6 Å². The van der Waals surface area contributed by atoms with Crippen molar-refractivity contribution in [3.05, 3.63) is 435 Å². The smallest absolute Gasteiger partial charge is 0.689 e. The summed E-state index contributed by atoms with van der Waals surface area (Å²) < 4.78 is 0. The first kappa shape index (κ1) is 82.2. The van der Waals surface area contributed by atoms with Gasteiger partial charge in [-0.3, -0.25) is 0 Å². The van der Waals surface area contributed by atoms with Crippen LogP contribution in [0.25, 0.3) is 10.6 Å². The Kier molecular flexibility index (Phi) is 47.6. The minimum Gasteiger partial charge on any atom is -0.689 e. The molecule has 462 valence electrons. The quantitative estimate of drug-likeness (QED) is 0.0864. The molecule has 0 bridgehead atoms. The van der Waals surface area contributed by atoms with Gasteiger partial charge >= 0.3 is 26.2 Å². The second kappa shape index (κ2) is 52.1. The third-order valence-electron chi connectivity index (χ3n) is 12.0. The van der Waals surface area contributed by atoms with Crippen LogP contribution in [-0.2, 0) is 58.8 Å². The maximum atomic E-state index is 4.77. The Morgan fingerprint density at radius 3 is 0.822 bits per heavy atom. The maximum Gasteiger partial charge on any atom is 4.00 e. The molecule has 0 heterocycles. The average molecular weight is 1380 g/mol. The van der Waals surface area contributed by atoms with Crippen molar-refractivity contribution in [2.45, 2.75) is 47.0 Å². The van der Waals surface area contributed by atoms with Gasteiger partial charge < -0.3 is 10.6 Å². The second-order valence-electron chi connectivity index (χ2n) is 19.4. The van der Waals surface area contributed by atoms with Crippen LogP contribution in [-0.4, -0.2) is 23.1 Å². The standard InChI is InChI=1S/C17H19NS.C16H18N2S.7C7H7.CH4.2Zr/c1-13-8-7-9-14(2)16(13)12-17(19-3)18-15-10-5-4-6-11-15;1-12-8-7-9-13(2)15(12)18-16(19-3)17-14-10-5-4-6-11-14;7*1-7-5-3-2-4-6-7;;;/h4-11H,12H2,1-3H3;4-11,16H,1-3H3;7*2-6H,1H2;1H4;;/q;-2;7*-1;;;+4. The molecule has 3 nitrogen and oxygen atoms in total. The van der Waals surface area contributed by atoms with Crippen molar-refractivity contribution >= 4 is 45.6 Å². The molecule has 0 aromatic heterocycles. The maximum absolute atomic E-state index is 4.77. The van der Waals surface area contributed by atoms with Crippen molar-refractivity contribution in [2.24, 2.45) is 4.99 Å². The van der Waals surface area contributed by atoms with Crippen molar-refractivity contribution in [1.29, 1.82) is 0 Å². The molecule has 0 amide bonds. The third-order valence-corrected chi connectivity index (χ3v) is 13.4. The van der Waals surface area contributed by atoms with E-state index in [1.165, 1.54) is 27.8 Å². The zero-order valence-electron chi connectivity index (χ0n) is 52.8. The van der Waals surface area contributed by atoms with E-state index in [9.17, 15) is 0 Å². The Hall–Kier alpha value is -7.75. The van der Waals surface area contributed by atoms with Crippen molar-refractivity contribution in [3.8, 4) is 0 Å². The number of thioether (sulfide) groups is 2. The molecule has 0 saturated heterocycles. The summed E-state index contributed by atoms with van der Waals surface area (Å²) in [7, 11) is 0. The Morgan fingerprint density at radius 2 is 0.589 bits per heavy atom. The minimum atomic E-state index is -0.0952. The molecule has 1 unspecified atom stereocenters. The van der Waals surface area contributed by atoms with Crippen molar-refractivity contribution in [2.75, 3.05) is 12.5 Å². The van der Waals surface area contributed by atoms with E-state index in [0.29, 0.717) is 0 Å². The number of nitrogens with zero attached hydrogens (tertiary/aromatic N) is 3. The van der Waals surface area contributed by atoms with Crippen LogP contribution in [0.5, 0.6) is 0 Å². The van der Waals surface area contributed by atoms with Crippen LogP contribution in [0, 0.1) is 76.2 Å². The number of para-hydroxylation sites is 3. The fourth-order valence-corrected chi connectivity index (χ4v) is 8.25. The summed E-state index contributed by atoms with van der Waals surface area (Å²) in [6.07, 6.45) is 5.04. The number of aliphatic imine (C=N–C) groups is 1. The molecule has 1 atom stereocenters. The van der Waals surface area contributed by atoms with Gasteiger partial charge in [-0.15, -0.1) is 108 Å². The summed E-state index contributed by atoms with van der Waals surface area (Å²) in [5.41, 5.74) is 16.9. The average Bonchev–Trinajstić information content (AvgIpc) is 3.67. The monoisotopic (exact) mass is 1370 g/mol. The van der Waals surface area contributed by atoms with Crippen LogP contribution in [0.1, 0.15) is 74.2 Å². The molecule has 90 heavy (non-hydrogen) atoms. The molecule has 7 heteroatoms. The molecule has 0 aliphatic carbocycles. The fourth-order valence-electron chi connectivity index (χ4n) is 7.32. The van der Waals surface area contributed by atoms with Crippen molar-refractivity contribution < 1.29 is 52.4 Å². The molecule has 11 rings (SSSR count). The zero-order valence-corrected chi connectivity index (χ0v) is 59.4. The van der Waals surface area contributed by atoms with Gasteiger partial charge in [-0.1, -0.05) is 146 Å². The van der Waals surface area contributed by atoms with E-state index in [-0.39, 0.29) is 65.3 Å². The van der Waals surface area contributed by atoms with Gasteiger partial charge in [-0.25, -0.2) is 16.8 Å². The van der Waals surface area contributed by atoms with Crippen LogP contribution in [0.4, 0.5) is 17.1 Å². The number of aryl methyl sites for hydroxylation is 4. The van der Waals surface area contributed by atoms with Gasteiger partial charge in [-0.05, 0) is 69.0 Å². The molecule has 11 aromatic rings. The Morgan fingerprint density at radius 1 is 0.344 bits per heavy atom. The van der Waals surface area contributed by atoms with Gasteiger partial charge in [0, 0.05) is 32.6 Å². The van der Waals surface area contributed by atoms with Gasteiger partial charge in [0.2, 0.25) is 0 Å². The predicted molar refractivity (Wildman–Crippen MR) is 395 cm³/mol. The van der Waals surface area contributed by atoms with Gasteiger partial charge in [0.05, 0.1) is 10.7 Å². The summed E-state index contributed by atoms with van der Waals surface area (Å²) in [6, 6.07) is 102. The molecule has 0 fully saturated rings. The Balaban J connectivity index is 0.00000103. The minimum absolute atomic E-state index is 0. The number of hydrogen-bond acceptors (Lipinski definition) is 3. The van der Waals surface area contributed by atoms with E-state index in [0.717, 1.165) is 67.5 Å². The molecule has 0 N–H and O–H groups in total. The van der Waals surface area contributed by atoms with Crippen LogP contribution in [0.3, 0.4) is 0 Å². The molecular weight excluding hydrogens is 1290 g/mol. The van der Waals surface area contributed by atoms with Crippen LogP contribution >= 0.6 is 23.5 Å². The number of benzene rings is 11. The number of hydrogen-bond donors (Lipinski definition) is 0. The van der Waals surface area contributed by atoms with E-state index in [4.69, 9.17) is 10.3 Å². The summed E-state index contributed by atoms with van der Waals surface area (Å²) in [5, 5.41) is 10.6. The predicted octanol–water partition coefficient (Wildman–Crippen LogP) is 24.3. The molecule has 0 aliphatic rings. The fraction of sp³-hybridized carbons (Fsp3) is 0.108. The third kappa shape index (κ3) is 40.0. The largest absolute Gasteiger partial charge is 4.00 e. The van der Waals surface area contributed by atoms with E-state index in [1.54, 1.807) is 23.5 Å². The van der Waals surface area contributed by atoms with E-state index < -0.39 is 0 Å².